The molecule has 3 atom stereocenters. The molecule has 1 nitrogen and oxygen atoms in total. The van der Waals surface area contributed by atoms with E-state index in [0.717, 1.165) is 12.1 Å². The molecule has 10 aromatic rings. The molecule has 0 spiro atoms. The fourth-order valence-electron chi connectivity index (χ4n) is 13.8. The summed E-state index contributed by atoms with van der Waals surface area (Å²) in [4.78, 5) is 2.64. The van der Waals surface area contributed by atoms with Crippen molar-refractivity contribution in [2.45, 2.75) is 43.4 Å². The van der Waals surface area contributed by atoms with Gasteiger partial charge in [-0.1, -0.05) is 245 Å². The van der Waals surface area contributed by atoms with E-state index in [9.17, 15) is 0 Å². The monoisotopic (exact) mass is 907 g/mol. The van der Waals surface area contributed by atoms with Gasteiger partial charge >= 0.3 is 0 Å². The minimum atomic E-state index is -0.707. The Kier molecular flexibility index (Phi) is 9.17. The third-order valence-electron chi connectivity index (χ3n) is 16.8. The van der Waals surface area contributed by atoms with Crippen molar-refractivity contribution < 1.29 is 0 Å². The van der Waals surface area contributed by atoms with Crippen LogP contribution in [0, 0.1) is 5.92 Å². The van der Waals surface area contributed by atoms with Crippen LogP contribution in [0.1, 0.15) is 77.3 Å². The van der Waals surface area contributed by atoms with Gasteiger partial charge in [0.25, 0.3) is 0 Å². The fourth-order valence-corrected chi connectivity index (χ4v) is 13.8. The maximum absolute atomic E-state index is 2.64. The van der Waals surface area contributed by atoms with E-state index in [0.29, 0.717) is 0 Å². The topological polar surface area (TPSA) is 3.24 Å². The van der Waals surface area contributed by atoms with Gasteiger partial charge < -0.3 is 4.90 Å². The van der Waals surface area contributed by atoms with Gasteiger partial charge in [-0.25, -0.2) is 0 Å². The molecular formula is C70H53N. The summed E-state index contributed by atoms with van der Waals surface area (Å²) in [5.74, 6) is 0.164. The molecule has 1 unspecified atom stereocenters. The molecular weight excluding hydrogens is 855 g/mol. The Morgan fingerprint density at radius 3 is 1.70 bits per heavy atom. The molecule has 0 saturated carbocycles. The molecule has 0 radical (unpaired) electrons. The van der Waals surface area contributed by atoms with Crippen LogP contribution < -0.4 is 4.90 Å². The maximum atomic E-state index is 2.64. The summed E-state index contributed by atoms with van der Waals surface area (Å²) in [6.07, 6.45) is 5.88. The molecule has 0 saturated heterocycles. The number of rotatable bonds is 7. The highest BCUT2D eigenvalue weighted by Gasteiger charge is 2.58. The zero-order valence-corrected chi connectivity index (χ0v) is 40.4. The molecule has 1 heteroatoms. The largest absolute Gasteiger partial charge is 0.313 e. The molecule has 0 fully saturated rings. The molecule has 0 bridgehead atoms. The van der Waals surface area contributed by atoms with Crippen LogP contribution in [0.4, 0.5) is 11.4 Å². The van der Waals surface area contributed by atoms with Crippen molar-refractivity contribution in [3.05, 3.63) is 310 Å². The van der Waals surface area contributed by atoms with Crippen LogP contribution in [0.15, 0.2) is 260 Å². The third-order valence-corrected chi connectivity index (χ3v) is 16.8. The maximum Gasteiger partial charge on any atom is 0.0725 e. The summed E-state index contributed by atoms with van der Waals surface area (Å²) in [5.41, 5.74) is 23.5. The Labute approximate surface area is 417 Å². The van der Waals surface area contributed by atoms with Crippen molar-refractivity contribution >= 4 is 22.1 Å². The Morgan fingerprint density at radius 2 is 0.958 bits per heavy atom. The lowest BCUT2D eigenvalue weighted by Crippen LogP contribution is -2.46. The molecule has 0 N–H and O–H groups in total. The number of nitrogens with zero attached hydrogens (tertiary/aromatic N) is 1. The van der Waals surface area contributed by atoms with Gasteiger partial charge in [0.2, 0.25) is 0 Å². The summed E-state index contributed by atoms with van der Waals surface area (Å²) in [7, 11) is 0. The smallest absolute Gasteiger partial charge is 0.0725 e. The lowest BCUT2D eigenvalue weighted by atomic mass is 9.51. The Hall–Kier alpha value is -8.26. The summed E-state index contributed by atoms with van der Waals surface area (Å²) in [5, 5.41) is 2.45. The number of fused-ring (bicyclic) bond motifs is 9. The summed E-state index contributed by atoms with van der Waals surface area (Å²) >= 11 is 0. The van der Waals surface area contributed by atoms with Gasteiger partial charge in [-0.3, -0.25) is 0 Å². The van der Waals surface area contributed by atoms with Gasteiger partial charge in [-0.2, -0.15) is 0 Å². The molecule has 0 amide bonds. The quantitative estimate of drug-likeness (QED) is 0.154. The standard InChI is InChI=1S/C70H53N/c1-46-21-18-37-63(69(50-24-6-4-7-25-50)60-34-16-17-35-61(60)70(51-26-8-5-9-27-51)59-33-15-13-30-55(59)57-31-20-36-62(69)66(57)70)67(46)71(65-38-19-23-48-22-10-11-28-53(48)65)52-42-39-47(40-43-52)49-41-44-56-54-29-12-14-32-58(54)68(2,3)64(56)45-49/h4-20,22-46H,21H2,1-3H3/t46-,69+,70?/m0/s1. The average molecular weight is 908 g/mol. The summed E-state index contributed by atoms with van der Waals surface area (Å²) in [6, 6.07) is 89.8. The Balaban J connectivity index is 1.06. The van der Waals surface area contributed by atoms with Gasteiger partial charge in [0, 0.05) is 28.1 Å². The zero-order valence-electron chi connectivity index (χ0n) is 40.4. The molecule has 4 aliphatic carbocycles. The van der Waals surface area contributed by atoms with Crippen molar-refractivity contribution in [2.24, 2.45) is 5.92 Å². The second-order valence-corrected chi connectivity index (χ2v) is 20.7. The first-order valence-corrected chi connectivity index (χ1v) is 25.4. The van der Waals surface area contributed by atoms with Crippen LogP contribution in [-0.4, -0.2) is 0 Å². The second-order valence-electron chi connectivity index (χ2n) is 20.7. The molecule has 14 rings (SSSR count). The molecule has 10 aromatic carbocycles. The third kappa shape index (κ3) is 5.69. The highest BCUT2D eigenvalue weighted by molar-refractivity contribution is 5.98. The predicted molar refractivity (Wildman–Crippen MR) is 296 cm³/mol. The Morgan fingerprint density at radius 1 is 0.423 bits per heavy atom. The highest BCUT2D eigenvalue weighted by Crippen LogP contribution is 2.67. The predicted octanol–water partition coefficient (Wildman–Crippen LogP) is 17.5. The van der Waals surface area contributed by atoms with Crippen LogP contribution in [0.5, 0.6) is 0 Å². The molecule has 0 aliphatic heterocycles. The van der Waals surface area contributed by atoms with Gasteiger partial charge in [0.15, 0.2) is 0 Å². The Bertz CT molecular complexity index is 3830. The van der Waals surface area contributed by atoms with E-state index >= 15 is 0 Å². The molecule has 4 aliphatic rings. The minimum absolute atomic E-state index is 0.0740. The first-order valence-electron chi connectivity index (χ1n) is 25.4. The summed E-state index contributed by atoms with van der Waals surface area (Å²) < 4.78 is 0. The molecule has 338 valence electrons. The lowest BCUT2D eigenvalue weighted by molar-refractivity contribution is 0.587. The van der Waals surface area contributed by atoms with E-state index in [4.69, 9.17) is 0 Å². The molecule has 0 heterocycles. The highest BCUT2D eigenvalue weighted by atomic mass is 15.2. The van der Waals surface area contributed by atoms with Gasteiger partial charge in [0.05, 0.1) is 16.5 Å². The summed E-state index contributed by atoms with van der Waals surface area (Å²) in [6.45, 7) is 7.19. The fraction of sp³-hybridized carbons (Fsp3) is 0.114. The first-order chi connectivity index (χ1) is 34.9. The van der Waals surface area contributed by atoms with Crippen molar-refractivity contribution in [1.82, 2.24) is 0 Å². The normalized spacial score (nSPS) is 19.7. The first kappa shape index (κ1) is 41.7. The number of hydrogen-bond acceptors (Lipinski definition) is 1. The second kappa shape index (κ2) is 15.6. The van der Waals surface area contributed by atoms with Crippen LogP contribution in [0.3, 0.4) is 0 Å². The number of allylic oxidation sites excluding steroid dienone is 4. The van der Waals surface area contributed by atoms with Gasteiger partial charge in [-0.05, 0) is 125 Å². The number of benzene rings is 10. The van der Waals surface area contributed by atoms with Crippen molar-refractivity contribution in [3.8, 4) is 33.4 Å². The SMILES string of the molecule is C[C@H]1CC=CC([C@]2(c3ccccc3)c3ccccc3C3(c4ccccc4)c4ccccc4-c4cccc2c43)=C1N(c1ccc(-c2ccc3c(c2)C(C)(C)c2ccccc2-3)cc1)c1cccc2ccccc12. The van der Waals surface area contributed by atoms with Crippen LogP contribution >= 0.6 is 0 Å². The van der Waals surface area contributed by atoms with E-state index in [1.165, 1.54) is 111 Å². The van der Waals surface area contributed by atoms with E-state index in [-0.39, 0.29) is 11.3 Å². The van der Waals surface area contributed by atoms with E-state index in [2.05, 4.69) is 274 Å². The van der Waals surface area contributed by atoms with Gasteiger partial charge in [-0.15, -0.1) is 0 Å². The lowest BCUT2D eigenvalue weighted by Gasteiger charge is -2.51. The van der Waals surface area contributed by atoms with Crippen molar-refractivity contribution in [2.75, 3.05) is 4.90 Å². The minimum Gasteiger partial charge on any atom is -0.313 e. The van der Waals surface area contributed by atoms with Gasteiger partial charge in [0.1, 0.15) is 0 Å². The number of anilines is 2. The van der Waals surface area contributed by atoms with E-state index in [1.807, 2.05) is 0 Å². The van der Waals surface area contributed by atoms with Crippen LogP contribution in [0.2, 0.25) is 0 Å². The molecule has 0 aromatic heterocycles. The average Bonchev–Trinajstić information content (AvgIpc) is 3.90. The van der Waals surface area contributed by atoms with E-state index < -0.39 is 10.8 Å². The van der Waals surface area contributed by atoms with Crippen molar-refractivity contribution in [1.29, 1.82) is 0 Å². The van der Waals surface area contributed by atoms with Crippen LogP contribution in [-0.2, 0) is 16.2 Å². The number of hydrogen-bond donors (Lipinski definition) is 0. The molecule has 71 heavy (non-hydrogen) atoms. The van der Waals surface area contributed by atoms with Crippen LogP contribution in [0.25, 0.3) is 44.2 Å². The zero-order chi connectivity index (χ0) is 47.5. The van der Waals surface area contributed by atoms with E-state index in [1.54, 1.807) is 0 Å². The van der Waals surface area contributed by atoms with Crippen molar-refractivity contribution in [3.63, 3.8) is 0 Å².